The van der Waals surface area contributed by atoms with E-state index in [1.807, 2.05) is 30.3 Å². The molecule has 1 N–H and O–H groups in total. The molecule has 0 aliphatic rings. The first-order chi connectivity index (χ1) is 12.6. The van der Waals surface area contributed by atoms with Crippen LogP contribution in [0.3, 0.4) is 0 Å². The molecule has 0 spiro atoms. The van der Waals surface area contributed by atoms with Crippen LogP contribution in [0.1, 0.15) is 28.8 Å². The van der Waals surface area contributed by atoms with Gasteiger partial charge in [-0.2, -0.15) is 5.10 Å². The van der Waals surface area contributed by atoms with Crippen LogP contribution in [-0.2, 0) is 6.61 Å². The Hall–Kier alpha value is -3.41. The lowest BCUT2D eigenvalue weighted by Gasteiger charge is -2.03. The number of carbonyl (C=O) groups excluding carboxylic acids is 1. The summed E-state index contributed by atoms with van der Waals surface area (Å²) in [7, 11) is 0. The number of ether oxygens (including phenoxy) is 1. The fourth-order valence-corrected chi connectivity index (χ4v) is 2.19. The van der Waals surface area contributed by atoms with Crippen molar-refractivity contribution in [1.82, 2.24) is 5.43 Å². The van der Waals surface area contributed by atoms with Gasteiger partial charge in [0.1, 0.15) is 23.9 Å². The van der Waals surface area contributed by atoms with E-state index in [1.165, 1.54) is 12.1 Å². The third kappa shape index (κ3) is 4.57. The van der Waals surface area contributed by atoms with Gasteiger partial charge in [0.25, 0.3) is 0 Å². The number of halogens is 1. The number of hydrogen-bond acceptors (Lipinski definition) is 4. The van der Waals surface area contributed by atoms with Crippen LogP contribution in [0, 0.1) is 5.82 Å². The number of carbonyl (C=O) groups is 1. The molecular formula is C20H17FN2O3. The van der Waals surface area contributed by atoms with Gasteiger partial charge in [0, 0.05) is 0 Å². The maximum atomic E-state index is 12.9. The molecule has 0 unspecified atom stereocenters. The molecule has 0 atom stereocenters. The molecule has 0 aliphatic carbocycles. The number of furan rings is 1. The molecule has 1 aromatic heterocycles. The van der Waals surface area contributed by atoms with E-state index in [1.54, 1.807) is 31.2 Å². The van der Waals surface area contributed by atoms with E-state index in [-0.39, 0.29) is 18.2 Å². The number of hydrogen-bond donors (Lipinski definition) is 1. The van der Waals surface area contributed by atoms with Gasteiger partial charge in [-0.05, 0) is 48.9 Å². The molecule has 0 bridgehead atoms. The Morgan fingerprint density at radius 2 is 1.81 bits per heavy atom. The number of hydrazone groups is 1. The summed E-state index contributed by atoms with van der Waals surface area (Å²) in [5.74, 6) is 0.573. The summed E-state index contributed by atoms with van der Waals surface area (Å²) in [6, 6.07) is 18.4. The van der Waals surface area contributed by atoms with Crippen molar-refractivity contribution >= 4 is 11.6 Å². The first kappa shape index (κ1) is 17.4. The Balaban J connectivity index is 1.57. The highest BCUT2D eigenvalue weighted by molar-refractivity contribution is 6.00. The standard InChI is InChI=1S/C20H17FN2O3/c1-14(15-7-9-16(21)10-8-15)22-23-20(24)19-12-11-18(26-19)13-25-17-5-3-2-4-6-17/h2-12H,13H2,1H3,(H,23,24)/b22-14-. The lowest BCUT2D eigenvalue weighted by atomic mass is 10.1. The van der Waals surface area contributed by atoms with Gasteiger partial charge in [0.2, 0.25) is 0 Å². The summed E-state index contributed by atoms with van der Waals surface area (Å²) in [5, 5.41) is 4.01. The second kappa shape index (κ2) is 8.11. The molecule has 26 heavy (non-hydrogen) atoms. The third-order valence-electron chi connectivity index (χ3n) is 3.60. The number of nitrogens with zero attached hydrogens (tertiary/aromatic N) is 1. The van der Waals surface area contributed by atoms with Crippen molar-refractivity contribution in [3.05, 3.63) is 89.6 Å². The largest absolute Gasteiger partial charge is 0.486 e. The average molecular weight is 352 g/mol. The molecule has 0 saturated carbocycles. The minimum Gasteiger partial charge on any atom is -0.486 e. The Morgan fingerprint density at radius 1 is 1.08 bits per heavy atom. The molecule has 0 saturated heterocycles. The predicted octanol–water partition coefficient (Wildman–Crippen LogP) is 4.15. The SMILES string of the molecule is C/C(=N/NC(=O)c1ccc(COc2ccccc2)o1)c1ccc(F)cc1. The van der Waals surface area contributed by atoms with Crippen molar-refractivity contribution in [3.8, 4) is 5.75 Å². The minimum atomic E-state index is -0.475. The lowest BCUT2D eigenvalue weighted by Crippen LogP contribution is -2.18. The Labute approximate surface area is 150 Å². The lowest BCUT2D eigenvalue weighted by molar-refractivity contribution is 0.0923. The van der Waals surface area contributed by atoms with Crippen molar-refractivity contribution < 1.29 is 18.3 Å². The third-order valence-corrected chi connectivity index (χ3v) is 3.60. The average Bonchev–Trinajstić information content (AvgIpc) is 3.15. The summed E-state index contributed by atoms with van der Waals surface area (Å²) < 4.78 is 24.0. The summed E-state index contributed by atoms with van der Waals surface area (Å²) >= 11 is 0. The van der Waals surface area contributed by atoms with E-state index < -0.39 is 5.91 Å². The van der Waals surface area contributed by atoms with E-state index >= 15 is 0 Å². The van der Waals surface area contributed by atoms with Gasteiger partial charge in [-0.25, -0.2) is 9.82 Å². The number of para-hydroxylation sites is 1. The summed E-state index contributed by atoms with van der Waals surface area (Å²) in [5.41, 5.74) is 3.68. The summed E-state index contributed by atoms with van der Waals surface area (Å²) in [6.45, 7) is 1.93. The van der Waals surface area contributed by atoms with Crippen LogP contribution in [0.15, 0.2) is 76.2 Å². The molecule has 3 aromatic rings. The number of nitrogens with one attached hydrogen (secondary N) is 1. The van der Waals surface area contributed by atoms with Crippen molar-refractivity contribution in [2.45, 2.75) is 13.5 Å². The maximum Gasteiger partial charge on any atom is 0.307 e. The molecule has 1 heterocycles. The van der Waals surface area contributed by atoms with E-state index in [0.717, 1.165) is 5.75 Å². The molecule has 3 rings (SSSR count). The molecule has 2 aromatic carbocycles. The van der Waals surface area contributed by atoms with Crippen molar-refractivity contribution in [3.63, 3.8) is 0 Å². The molecule has 1 amide bonds. The Kier molecular flexibility index (Phi) is 5.43. The van der Waals surface area contributed by atoms with Gasteiger partial charge in [0.15, 0.2) is 5.76 Å². The first-order valence-corrected chi connectivity index (χ1v) is 7.99. The van der Waals surface area contributed by atoms with Crippen LogP contribution in [0.5, 0.6) is 5.75 Å². The van der Waals surface area contributed by atoms with Crippen molar-refractivity contribution in [2.24, 2.45) is 5.10 Å². The van der Waals surface area contributed by atoms with Crippen LogP contribution in [0.25, 0.3) is 0 Å². The van der Waals surface area contributed by atoms with Gasteiger partial charge < -0.3 is 9.15 Å². The zero-order valence-corrected chi connectivity index (χ0v) is 14.1. The second-order valence-electron chi connectivity index (χ2n) is 5.51. The maximum absolute atomic E-state index is 12.9. The van der Waals surface area contributed by atoms with Gasteiger partial charge in [0.05, 0.1) is 5.71 Å². The minimum absolute atomic E-state index is 0.132. The summed E-state index contributed by atoms with van der Waals surface area (Å²) in [6.07, 6.45) is 0. The fraction of sp³-hybridized carbons (Fsp3) is 0.100. The normalized spacial score (nSPS) is 11.2. The highest BCUT2D eigenvalue weighted by Gasteiger charge is 2.11. The van der Waals surface area contributed by atoms with Crippen molar-refractivity contribution in [1.29, 1.82) is 0 Å². The van der Waals surface area contributed by atoms with E-state index in [9.17, 15) is 9.18 Å². The number of rotatable bonds is 6. The quantitative estimate of drug-likeness (QED) is 0.535. The Bertz CT molecular complexity index is 902. The van der Waals surface area contributed by atoms with Crippen LogP contribution >= 0.6 is 0 Å². The van der Waals surface area contributed by atoms with Gasteiger partial charge in [-0.15, -0.1) is 0 Å². The molecular weight excluding hydrogens is 335 g/mol. The highest BCUT2D eigenvalue weighted by atomic mass is 19.1. The smallest absolute Gasteiger partial charge is 0.307 e. The zero-order valence-electron chi connectivity index (χ0n) is 14.1. The molecule has 0 radical (unpaired) electrons. The fourth-order valence-electron chi connectivity index (χ4n) is 2.19. The van der Waals surface area contributed by atoms with Crippen molar-refractivity contribution in [2.75, 3.05) is 0 Å². The molecule has 6 heteroatoms. The number of amides is 1. The van der Waals surface area contributed by atoms with Crippen LogP contribution in [0.2, 0.25) is 0 Å². The first-order valence-electron chi connectivity index (χ1n) is 7.99. The molecule has 0 fully saturated rings. The summed E-state index contributed by atoms with van der Waals surface area (Å²) in [4.78, 5) is 12.1. The van der Waals surface area contributed by atoms with Crippen LogP contribution < -0.4 is 10.2 Å². The van der Waals surface area contributed by atoms with E-state index in [4.69, 9.17) is 9.15 Å². The number of benzene rings is 2. The predicted molar refractivity (Wildman–Crippen MR) is 95.6 cm³/mol. The Morgan fingerprint density at radius 3 is 2.54 bits per heavy atom. The topological polar surface area (TPSA) is 63.8 Å². The monoisotopic (exact) mass is 352 g/mol. The van der Waals surface area contributed by atoms with Gasteiger partial charge in [-0.3, -0.25) is 4.79 Å². The zero-order chi connectivity index (χ0) is 18.4. The van der Waals surface area contributed by atoms with E-state index in [2.05, 4.69) is 10.5 Å². The second-order valence-corrected chi connectivity index (χ2v) is 5.51. The molecule has 0 aliphatic heterocycles. The molecule has 5 nitrogen and oxygen atoms in total. The van der Waals surface area contributed by atoms with Gasteiger partial charge in [-0.1, -0.05) is 30.3 Å². The van der Waals surface area contributed by atoms with Gasteiger partial charge >= 0.3 is 5.91 Å². The van der Waals surface area contributed by atoms with Crippen LogP contribution in [-0.4, -0.2) is 11.6 Å². The van der Waals surface area contributed by atoms with Crippen LogP contribution in [0.4, 0.5) is 4.39 Å². The molecule has 132 valence electrons. The highest BCUT2D eigenvalue weighted by Crippen LogP contribution is 2.14. The van der Waals surface area contributed by atoms with E-state index in [0.29, 0.717) is 17.0 Å².